The van der Waals surface area contributed by atoms with Gasteiger partial charge in [-0.05, 0) is 42.9 Å². The van der Waals surface area contributed by atoms with Crippen LogP contribution in [-0.4, -0.2) is 5.11 Å². The van der Waals surface area contributed by atoms with Crippen molar-refractivity contribution >= 4 is 0 Å². The molecule has 1 aromatic carbocycles. The summed E-state index contributed by atoms with van der Waals surface area (Å²) in [6.07, 6.45) is 4.29. The Bertz CT molecular complexity index is 343. The highest BCUT2D eigenvalue weighted by atomic mass is 16.3. The first-order valence-corrected chi connectivity index (χ1v) is 6.85. The minimum atomic E-state index is -0.300. The molecule has 0 saturated carbocycles. The minimum absolute atomic E-state index is 0.300. The van der Waals surface area contributed by atoms with Gasteiger partial charge in [0, 0.05) is 0 Å². The number of hydrogen-bond donors (Lipinski definition) is 1. The van der Waals surface area contributed by atoms with Crippen LogP contribution in [0.1, 0.15) is 62.3 Å². The van der Waals surface area contributed by atoms with E-state index in [1.54, 1.807) is 0 Å². The molecule has 17 heavy (non-hydrogen) atoms. The lowest BCUT2D eigenvalue weighted by Crippen LogP contribution is -2.13. The Balaban J connectivity index is 2.85. The fourth-order valence-electron chi connectivity index (χ4n) is 2.40. The van der Waals surface area contributed by atoms with Crippen LogP contribution < -0.4 is 0 Å². The summed E-state index contributed by atoms with van der Waals surface area (Å²) in [4.78, 5) is 0. The van der Waals surface area contributed by atoms with Crippen molar-refractivity contribution < 1.29 is 5.11 Å². The van der Waals surface area contributed by atoms with Crippen molar-refractivity contribution in [2.75, 3.05) is 0 Å². The molecule has 2 unspecified atom stereocenters. The first kappa shape index (κ1) is 14.2. The Labute approximate surface area is 106 Å². The molecule has 0 saturated heterocycles. The summed E-state index contributed by atoms with van der Waals surface area (Å²) in [5.41, 5.74) is 3.63. The molecule has 96 valence electrons. The summed E-state index contributed by atoms with van der Waals surface area (Å²) in [6.45, 7) is 8.60. The third-order valence-electron chi connectivity index (χ3n) is 3.86. The number of hydrogen-bond acceptors (Lipinski definition) is 1. The highest BCUT2D eigenvalue weighted by Gasteiger charge is 2.20. The molecule has 0 aliphatic rings. The Kier molecular flexibility index (Phi) is 5.70. The van der Waals surface area contributed by atoms with Gasteiger partial charge in [0.15, 0.2) is 0 Å². The number of aliphatic hydroxyl groups excluding tert-OH is 1. The standard InChI is InChI=1S/C16H26O/c1-5-7-10-14(6-2)16(17)15-11-8-9-12(3)13(15)4/h8-9,11,14,16-17H,5-7,10H2,1-4H3. The smallest absolute Gasteiger partial charge is 0.0820 e. The Hall–Kier alpha value is -0.820. The van der Waals surface area contributed by atoms with E-state index in [1.165, 1.54) is 24.0 Å². The van der Waals surface area contributed by atoms with Gasteiger partial charge in [0.25, 0.3) is 0 Å². The third-order valence-corrected chi connectivity index (χ3v) is 3.86. The molecule has 0 fully saturated rings. The van der Waals surface area contributed by atoms with Gasteiger partial charge in [0.2, 0.25) is 0 Å². The summed E-state index contributed by atoms with van der Waals surface area (Å²) in [6, 6.07) is 6.23. The highest BCUT2D eigenvalue weighted by Crippen LogP contribution is 2.31. The minimum Gasteiger partial charge on any atom is -0.388 e. The van der Waals surface area contributed by atoms with Crippen molar-refractivity contribution in [2.45, 2.75) is 59.5 Å². The fraction of sp³-hybridized carbons (Fsp3) is 0.625. The molecule has 0 aromatic heterocycles. The molecule has 0 spiro atoms. The van der Waals surface area contributed by atoms with Crippen LogP contribution in [0.3, 0.4) is 0 Å². The molecule has 1 N–H and O–H groups in total. The number of unbranched alkanes of at least 4 members (excludes halogenated alkanes) is 1. The van der Waals surface area contributed by atoms with E-state index in [9.17, 15) is 5.11 Å². The summed E-state index contributed by atoms with van der Waals surface area (Å²) in [5, 5.41) is 10.5. The number of rotatable bonds is 6. The van der Waals surface area contributed by atoms with Crippen LogP contribution in [0.5, 0.6) is 0 Å². The SMILES string of the molecule is CCCCC(CC)C(O)c1cccc(C)c1C. The van der Waals surface area contributed by atoms with E-state index in [-0.39, 0.29) is 6.10 Å². The predicted molar refractivity (Wildman–Crippen MR) is 74.2 cm³/mol. The van der Waals surface area contributed by atoms with Crippen molar-refractivity contribution in [1.29, 1.82) is 0 Å². The first-order valence-electron chi connectivity index (χ1n) is 6.85. The fourth-order valence-corrected chi connectivity index (χ4v) is 2.40. The lowest BCUT2D eigenvalue weighted by atomic mass is 9.86. The summed E-state index contributed by atoms with van der Waals surface area (Å²) >= 11 is 0. The van der Waals surface area contributed by atoms with Gasteiger partial charge in [0.05, 0.1) is 6.10 Å². The van der Waals surface area contributed by atoms with Gasteiger partial charge in [-0.25, -0.2) is 0 Å². The van der Waals surface area contributed by atoms with Gasteiger partial charge >= 0.3 is 0 Å². The van der Waals surface area contributed by atoms with E-state index in [0.717, 1.165) is 18.4 Å². The molecule has 1 nitrogen and oxygen atoms in total. The van der Waals surface area contributed by atoms with Gasteiger partial charge in [-0.15, -0.1) is 0 Å². The zero-order valence-corrected chi connectivity index (χ0v) is 11.7. The van der Waals surface area contributed by atoms with Gasteiger partial charge in [-0.2, -0.15) is 0 Å². The van der Waals surface area contributed by atoms with Crippen molar-refractivity contribution in [3.8, 4) is 0 Å². The molecule has 2 atom stereocenters. The quantitative estimate of drug-likeness (QED) is 0.765. The third kappa shape index (κ3) is 3.57. The summed E-state index contributed by atoms with van der Waals surface area (Å²) in [7, 11) is 0. The van der Waals surface area contributed by atoms with Crippen LogP contribution in [-0.2, 0) is 0 Å². The van der Waals surface area contributed by atoms with Crippen molar-refractivity contribution in [1.82, 2.24) is 0 Å². The average molecular weight is 234 g/mol. The normalized spacial score (nSPS) is 14.6. The van der Waals surface area contributed by atoms with E-state index in [0.29, 0.717) is 5.92 Å². The largest absolute Gasteiger partial charge is 0.388 e. The maximum Gasteiger partial charge on any atom is 0.0820 e. The van der Waals surface area contributed by atoms with Crippen molar-refractivity contribution in [2.24, 2.45) is 5.92 Å². The topological polar surface area (TPSA) is 20.2 Å². The molecule has 1 rings (SSSR count). The Morgan fingerprint density at radius 1 is 1.18 bits per heavy atom. The van der Waals surface area contributed by atoms with Gasteiger partial charge < -0.3 is 5.11 Å². The van der Waals surface area contributed by atoms with E-state index < -0.39 is 0 Å². The molecule has 0 radical (unpaired) electrons. The summed E-state index contributed by atoms with van der Waals surface area (Å²) in [5.74, 6) is 0.399. The van der Waals surface area contributed by atoms with Crippen molar-refractivity contribution in [3.05, 3.63) is 34.9 Å². The molecular formula is C16H26O. The Morgan fingerprint density at radius 3 is 2.47 bits per heavy atom. The second kappa shape index (κ2) is 6.80. The molecular weight excluding hydrogens is 208 g/mol. The number of aryl methyl sites for hydroxylation is 1. The van der Waals surface area contributed by atoms with Crippen LogP contribution >= 0.6 is 0 Å². The van der Waals surface area contributed by atoms with Crippen LogP contribution in [0.2, 0.25) is 0 Å². The van der Waals surface area contributed by atoms with Crippen LogP contribution in [0.25, 0.3) is 0 Å². The molecule has 0 aliphatic carbocycles. The number of benzene rings is 1. The zero-order valence-electron chi connectivity index (χ0n) is 11.7. The maximum absolute atomic E-state index is 10.5. The number of aliphatic hydroxyl groups is 1. The van der Waals surface area contributed by atoms with Crippen LogP contribution in [0.4, 0.5) is 0 Å². The lowest BCUT2D eigenvalue weighted by Gasteiger charge is -2.24. The molecule has 0 heterocycles. The monoisotopic (exact) mass is 234 g/mol. The van der Waals surface area contributed by atoms with Gasteiger partial charge in [-0.3, -0.25) is 0 Å². The van der Waals surface area contributed by atoms with Crippen molar-refractivity contribution in [3.63, 3.8) is 0 Å². The second-order valence-electron chi connectivity index (χ2n) is 5.04. The maximum atomic E-state index is 10.5. The van der Waals surface area contributed by atoms with E-state index >= 15 is 0 Å². The zero-order chi connectivity index (χ0) is 12.8. The lowest BCUT2D eigenvalue weighted by molar-refractivity contribution is 0.0983. The summed E-state index contributed by atoms with van der Waals surface area (Å²) < 4.78 is 0. The Morgan fingerprint density at radius 2 is 1.88 bits per heavy atom. The first-order chi connectivity index (χ1) is 8.11. The van der Waals surface area contributed by atoms with E-state index in [2.05, 4.69) is 39.8 Å². The van der Waals surface area contributed by atoms with Gasteiger partial charge in [-0.1, -0.05) is 51.3 Å². The molecule has 0 amide bonds. The van der Waals surface area contributed by atoms with Crippen LogP contribution in [0, 0.1) is 19.8 Å². The molecule has 1 aromatic rings. The predicted octanol–water partition coefficient (Wildman–Crippen LogP) is 4.55. The molecule has 0 aliphatic heterocycles. The van der Waals surface area contributed by atoms with Gasteiger partial charge in [0.1, 0.15) is 0 Å². The average Bonchev–Trinajstić information content (AvgIpc) is 2.33. The molecule has 1 heteroatoms. The second-order valence-corrected chi connectivity index (χ2v) is 5.04. The van der Waals surface area contributed by atoms with Crippen LogP contribution in [0.15, 0.2) is 18.2 Å². The molecule has 0 bridgehead atoms. The highest BCUT2D eigenvalue weighted by molar-refractivity contribution is 5.34. The van der Waals surface area contributed by atoms with E-state index in [1.807, 2.05) is 6.07 Å². The van der Waals surface area contributed by atoms with E-state index in [4.69, 9.17) is 0 Å².